The van der Waals surface area contributed by atoms with Gasteiger partial charge in [-0.05, 0) is 48.8 Å². The molecule has 1 aliphatic heterocycles. The number of nitrogens with one attached hydrogen (secondary N) is 2. The highest BCUT2D eigenvalue weighted by Crippen LogP contribution is 2.37. The summed E-state index contributed by atoms with van der Waals surface area (Å²) in [4.78, 5) is 14.0. The van der Waals surface area contributed by atoms with Gasteiger partial charge >= 0.3 is 18.4 Å². The van der Waals surface area contributed by atoms with Crippen molar-refractivity contribution in [2.75, 3.05) is 18.4 Å². The van der Waals surface area contributed by atoms with Crippen molar-refractivity contribution < 1.29 is 35.9 Å². The van der Waals surface area contributed by atoms with Crippen LogP contribution < -0.4 is 10.6 Å². The van der Waals surface area contributed by atoms with Crippen LogP contribution in [0.1, 0.15) is 29.5 Å². The van der Waals surface area contributed by atoms with Gasteiger partial charge in [-0.25, -0.2) is 4.79 Å². The van der Waals surface area contributed by atoms with Crippen LogP contribution in [0.2, 0.25) is 0 Å². The SMILES string of the molecule is O=C(OCc1ccccc1)N1CCC[C@H]1CNC(=S)Nc1cc(C(F)(F)F)cc(C(F)(F)F)c1. The second kappa shape index (κ2) is 10.5. The molecule has 34 heavy (non-hydrogen) atoms. The first-order valence-electron chi connectivity index (χ1n) is 10.2. The summed E-state index contributed by atoms with van der Waals surface area (Å²) in [5.74, 6) is 0. The van der Waals surface area contributed by atoms with Gasteiger partial charge < -0.3 is 20.3 Å². The number of rotatable bonds is 5. The molecule has 2 aromatic rings. The molecule has 1 aliphatic rings. The molecule has 1 saturated heterocycles. The number of ether oxygens (including phenoxy) is 1. The smallest absolute Gasteiger partial charge is 0.416 e. The Bertz CT molecular complexity index is 982. The van der Waals surface area contributed by atoms with Gasteiger partial charge in [-0.15, -0.1) is 0 Å². The van der Waals surface area contributed by atoms with E-state index in [0.29, 0.717) is 25.1 Å². The van der Waals surface area contributed by atoms with E-state index >= 15 is 0 Å². The maximum absolute atomic E-state index is 13.0. The van der Waals surface area contributed by atoms with Crippen LogP contribution in [0.5, 0.6) is 0 Å². The van der Waals surface area contributed by atoms with Crippen LogP contribution in [-0.2, 0) is 23.7 Å². The number of likely N-dealkylation sites (tertiary alicyclic amines) is 1. The summed E-state index contributed by atoms with van der Waals surface area (Å²) in [6.45, 7) is 0.716. The molecule has 184 valence electrons. The molecule has 1 atom stereocenters. The van der Waals surface area contributed by atoms with E-state index in [1.54, 1.807) is 0 Å². The number of carbonyl (C=O) groups excluding carboxylic acids is 1. The lowest BCUT2D eigenvalue weighted by Gasteiger charge is -2.25. The zero-order chi connectivity index (χ0) is 24.9. The van der Waals surface area contributed by atoms with Crippen molar-refractivity contribution in [2.45, 2.75) is 37.8 Å². The Hall–Kier alpha value is -3.02. The Balaban J connectivity index is 1.58. The van der Waals surface area contributed by atoms with Gasteiger partial charge in [0.25, 0.3) is 0 Å². The van der Waals surface area contributed by atoms with Crippen LogP contribution >= 0.6 is 12.2 Å². The van der Waals surface area contributed by atoms with Gasteiger partial charge in [0.15, 0.2) is 5.11 Å². The predicted octanol–water partition coefficient (Wildman–Crippen LogP) is 5.81. The number of halogens is 6. The molecule has 1 heterocycles. The molecule has 0 spiro atoms. The summed E-state index contributed by atoms with van der Waals surface area (Å²) < 4.78 is 83.5. The highest BCUT2D eigenvalue weighted by atomic mass is 32.1. The molecule has 2 aromatic carbocycles. The second-order valence-corrected chi connectivity index (χ2v) is 8.07. The number of anilines is 1. The zero-order valence-electron chi connectivity index (χ0n) is 17.7. The van der Waals surface area contributed by atoms with Crippen molar-refractivity contribution in [1.29, 1.82) is 0 Å². The predicted molar refractivity (Wildman–Crippen MR) is 117 cm³/mol. The summed E-state index contributed by atoms with van der Waals surface area (Å²) in [6, 6.07) is 9.96. The normalized spacial score (nSPS) is 16.3. The van der Waals surface area contributed by atoms with E-state index in [4.69, 9.17) is 17.0 Å². The minimum absolute atomic E-state index is 0.0408. The third-order valence-electron chi connectivity index (χ3n) is 5.16. The Kier molecular flexibility index (Phi) is 7.90. The van der Waals surface area contributed by atoms with Gasteiger partial charge in [0.05, 0.1) is 17.2 Å². The van der Waals surface area contributed by atoms with Crippen molar-refractivity contribution in [1.82, 2.24) is 10.2 Å². The lowest BCUT2D eigenvalue weighted by atomic mass is 10.1. The monoisotopic (exact) mass is 505 g/mol. The average Bonchev–Trinajstić information content (AvgIpc) is 3.24. The van der Waals surface area contributed by atoms with E-state index < -0.39 is 35.3 Å². The minimum Gasteiger partial charge on any atom is -0.445 e. The van der Waals surface area contributed by atoms with Crippen LogP contribution in [0, 0.1) is 0 Å². The highest BCUT2D eigenvalue weighted by Gasteiger charge is 2.37. The maximum atomic E-state index is 13.0. The van der Waals surface area contributed by atoms with Crippen LogP contribution in [0.15, 0.2) is 48.5 Å². The maximum Gasteiger partial charge on any atom is 0.416 e. The Labute approximate surface area is 197 Å². The average molecular weight is 505 g/mol. The highest BCUT2D eigenvalue weighted by molar-refractivity contribution is 7.80. The molecule has 0 radical (unpaired) electrons. The first kappa shape index (κ1) is 25.6. The van der Waals surface area contributed by atoms with Crippen molar-refractivity contribution in [2.24, 2.45) is 0 Å². The Morgan fingerprint density at radius 3 is 2.24 bits per heavy atom. The third-order valence-corrected chi connectivity index (χ3v) is 5.41. The van der Waals surface area contributed by atoms with Crippen molar-refractivity contribution in [3.63, 3.8) is 0 Å². The standard InChI is InChI=1S/C22H21F6N3O2S/c23-21(24,25)15-9-16(22(26,27)28)11-17(10-15)30-19(34)29-12-18-7-4-8-31(18)20(32)33-13-14-5-2-1-3-6-14/h1-3,5-6,9-11,18H,4,7-8,12-13H2,(H2,29,30,34)/t18-/m0/s1. The van der Waals surface area contributed by atoms with Crippen molar-refractivity contribution >= 4 is 29.1 Å². The van der Waals surface area contributed by atoms with E-state index in [1.165, 1.54) is 4.90 Å². The van der Waals surface area contributed by atoms with Crippen molar-refractivity contribution in [3.8, 4) is 0 Å². The first-order chi connectivity index (χ1) is 15.9. The van der Waals surface area contributed by atoms with Gasteiger partial charge in [0.1, 0.15) is 6.61 Å². The molecule has 0 aliphatic carbocycles. The molecule has 2 N–H and O–H groups in total. The number of amides is 1. The molecule has 3 rings (SSSR count). The lowest BCUT2D eigenvalue weighted by Crippen LogP contribution is -2.44. The number of hydrogen-bond donors (Lipinski definition) is 2. The van der Waals surface area contributed by atoms with Crippen LogP contribution in [-0.4, -0.2) is 35.2 Å². The van der Waals surface area contributed by atoms with E-state index in [0.717, 1.165) is 12.0 Å². The number of alkyl halides is 6. The fourth-order valence-electron chi connectivity index (χ4n) is 3.50. The summed E-state index contributed by atoms with van der Waals surface area (Å²) in [5, 5.41) is 4.95. The second-order valence-electron chi connectivity index (χ2n) is 7.66. The minimum atomic E-state index is -4.96. The molecule has 1 amide bonds. The van der Waals surface area contributed by atoms with E-state index in [2.05, 4.69) is 10.6 Å². The van der Waals surface area contributed by atoms with Gasteiger partial charge in [0, 0.05) is 18.8 Å². The number of carbonyl (C=O) groups is 1. The molecule has 12 heteroatoms. The van der Waals surface area contributed by atoms with E-state index in [-0.39, 0.29) is 30.4 Å². The summed E-state index contributed by atoms with van der Waals surface area (Å²) >= 11 is 5.04. The Morgan fingerprint density at radius 2 is 1.65 bits per heavy atom. The number of benzene rings is 2. The quantitative estimate of drug-likeness (QED) is 0.397. The summed E-state index contributed by atoms with van der Waals surface area (Å²) in [7, 11) is 0. The van der Waals surface area contributed by atoms with Gasteiger partial charge in [-0.1, -0.05) is 30.3 Å². The zero-order valence-corrected chi connectivity index (χ0v) is 18.5. The van der Waals surface area contributed by atoms with Crippen LogP contribution in [0.25, 0.3) is 0 Å². The number of thiocarbonyl (C=S) groups is 1. The molecular weight excluding hydrogens is 484 g/mol. The molecule has 0 aromatic heterocycles. The Morgan fingerprint density at radius 1 is 1.03 bits per heavy atom. The number of nitrogens with zero attached hydrogens (tertiary/aromatic N) is 1. The first-order valence-corrected chi connectivity index (χ1v) is 10.7. The fourth-order valence-corrected chi connectivity index (χ4v) is 3.70. The van der Waals surface area contributed by atoms with Crippen LogP contribution in [0.4, 0.5) is 36.8 Å². The van der Waals surface area contributed by atoms with E-state index in [9.17, 15) is 31.1 Å². The number of hydrogen-bond acceptors (Lipinski definition) is 3. The van der Waals surface area contributed by atoms with Gasteiger partial charge in [0.2, 0.25) is 0 Å². The molecule has 0 saturated carbocycles. The van der Waals surface area contributed by atoms with Crippen molar-refractivity contribution in [3.05, 3.63) is 65.2 Å². The molecule has 1 fully saturated rings. The topological polar surface area (TPSA) is 53.6 Å². The molecular formula is C22H21F6N3O2S. The van der Waals surface area contributed by atoms with Crippen LogP contribution in [0.3, 0.4) is 0 Å². The molecule has 5 nitrogen and oxygen atoms in total. The fraction of sp³-hybridized carbons (Fsp3) is 0.364. The lowest BCUT2D eigenvalue weighted by molar-refractivity contribution is -0.143. The molecule has 0 unspecified atom stereocenters. The van der Waals surface area contributed by atoms with E-state index in [1.807, 2.05) is 30.3 Å². The molecule has 0 bridgehead atoms. The third kappa shape index (κ3) is 6.99. The van der Waals surface area contributed by atoms with Gasteiger partial charge in [-0.2, -0.15) is 26.3 Å². The van der Waals surface area contributed by atoms with Gasteiger partial charge in [-0.3, -0.25) is 0 Å². The summed E-state index contributed by atoms with van der Waals surface area (Å²) in [5.41, 5.74) is -2.52. The largest absolute Gasteiger partial charge is 0.445 e. The summed E-state index contributed by atoms with van der Waals surface area (Å²) in [6.07, 6.45) is -9.08.